The van der Waals surface area contributed by atoms with Gasteiger partial charge in [-0.1, -0.05) is 70.8 Å². The molecule has 0 saturated heterocycles. The van der Waals surface area contributed by atoms with E-state index < -0.39 is 0 Å². The molecule has 0 atom stereocenters. The van der Waals surface area contributed by atoms with Gasteiger partial charge < -0.3 is 0 Å². The average Bonchev–Trinajstić information content (AvgIpc) is 2.21. The van der Waals surface area contributed by atoms with Crippen molar-refractivity contribution in [3.05, 3.63) is 12.7 Å². The van der Waals surface area contributed by atoms with Gasteiger partial charge in [0.25, 0.3) is 0 Å². The summed E-state index contributed by atoms with van der Waals surface area (Å²) in [6.45, 7) is 6.01. The van der Waals surface area contributed by atoms with Crippen molar-refractivity contribution < 1.29 is 0 Å². The van der Waals surface area contributed by atoms with Crippen LogP contribution in [0, 0.1) is 0 Å². The second kappa shape index (κ2) is 17.1. The van der Waals surface area contributed by atoms with Gasteiger partial charge in [0.2, 0.25) is 0 Å². The van der Waals surface area contributed by atoms with Crippen molar-refractivity contribution in [3.8, 4) is 0 Å². The molecule has 0 fully saturated rings. The van der Waals surface area contributed by atoms with Gasteiger partial charge in [-0.05, 0) is 12.8 Å². The minimum Gasteiger partial charge on any atom is -0.103 e. The third-order valence-electron chi connectivity index (χ3n) is 2.76. The summed E-state index contributed by atoms with van der Waals surface area (Å²) in [5.41, 5.74) is 0. The molecule has 85 valence electrons. The van der Waals surface area contributed by atoms with E-state index in [2.05, 4.69) is 13.5 Å². The zero-order valence-corrected chi connectivity index (χ0v) is 13.1. The predicted molar refractivity (Wildman–Crippen MR) is 72.4 cm³/mol. The van der Waals surface area contributed by atoms with Gasteiger partial charge in [-0.15, -0.1) is 6.58 Å². The van der Waals surface area contributed by atoms with Crippen LogP contribution in [0.15, 0.2) is 12.7 Å². The SMILES string of the molecule is C=CCCCCCCCCCCCC.[Na]. The molecule has 0 aliphatic carbocycles. The normalized spacial score (nSPS) is 9.67. The molecule has 0 nitrogen and oxygen atoms in total. The number of unbranched alkanes of at least 4 members (excludes halogenated alkanes) is 10. The second-order valence-electron chi connectivity index (χ2n) is 4.26. The number of hydrogen-bond acceptors (Lipinski definition) is 0. The molecular weight excluding hydrogens is 191 g/mol. The minimum atomic E-state index is 0. The molecule has 0 aromatic carbocycles. The monoisotopic (exact) mass is 219 g/mol. The van der Waals surface area contributed by atoms with Crippen LogP contribution in [0.25, 0.3) is 0 Å². The van der Waals surface area contributed by atoms with E-state index in [4.69, 9.17) is 0 Å². The van der Waals surface area contributed by atoms with E-state index in [9.17, 15) is 0 Å². The van der Waals surface area contributed by atoms with Crippen molar-refractivity contribution in [1.29, 1.82) is 0 Å². The third kappa shape index (κ3) is 17.4. The summed E-state index contributed by atoms with van der Waals surface area (Å²) in [6, 6.07) is 0. The van der Waals surface area contributed by atoms with Crippen molar-refractivity contribution >= 4 is 29.6 Å². The van der Waals surface area contributed by atoms with E-state index in [0.717, 1.165) is 0 Å². The van der Waals surface area contributed by atoms with Crippen LogP contribution in [0.1, 0.15) is 77.6 Å². The van der Waals surface area contributed by atoms with Crippen LogP contribution in [0.5, 0.6) is 0 Å². The van der Waals surface area contributed by atoms with Crippen molar-refractivity contribution in [3.63, 3.8) is 0 Å². The fraction of sp³-hybridized carbons (Fsp3) is 0.857. The molecule has 1 radical (unpaired) electrons. The van der Waals surface area contributed by atoms with Crippen LogP contribution < -0.4 is 0 Å². The van der Waals surface area contributed by atoms with Gasteiger partial charge in [-0.3, -0.25) is 0 Å². The van der Waals surface area contributed by atoms with Crippen molar-refractivity contribution in [2.24, 2.45) is 0 Å². The number of allylic oxidation sites excluding steroid dienone is 1. The first-order valence-electron chi connectivity index (χ1n) is 6.52. The summed E-state index contributed by atoms with van der Waals surface area (Å²) in [5, 5.41) is 0. The summed E-state index contributed by atoms with van der Waals surface area (Å²) in [5.74, 6) is 0. The molecule has 15 heavy (non-hydrogen) atoms. The van der Waals surface area contributed by atoms with E-state index in [1.807, 2.05) is 6.08 Å². The van der Waals surface area contributed by atoms with Crippen LogP contribution in [-0.2, 0) is 0 Å². The molecule has 0 N–H and O–H groups in total. The predicted octanol–water partition coefficient (Wildman–Crippen LogP) is 5.10. The molecule has 1 heteroatoms. The molecule has 0 aliphatic heterocycles. The van der Waals surface area contributed by atoms with Crippen LogP contribution in [0.2, 0.25) is 0 Å². The molecule has 0 spiro atoms. The maximum absolute atomic E-state index is 3.74. The van der Waals surface area contributed by atoms with Gasteiger partial charge in [0, 0.05) is 29.6 Å². The Kier molecular flexibility index (Phi) is 20.7. The molecule has 0 heterocycles. The van der Waals surface area contributed by atoms with Crippen molar-refractivity contribution in [2.75, 3.05) is 0 Å². The summed E-state index contributed by atoms with van der Waals surface area (Å²) in [4.78, 5) is 0. The van der Waals surface area contributed by atoms with Crippen molar-refractivity contribution in [1.82, 2.24) is 0 Å². The first-order valence-corrected chi connectivity index (χ1v) is 6.52. The Hall–Kier alpha value is 0.740. The summed E-state index contributed by atoms with van der Waals surface area (Å²) in [7, 11) is 0. The first kappa shape index (κ1) is 18.1. The Bertz CT molecular complexity index is 110. The van der Waals surface area contributed by atoms with Gasteiger partial charge in [-0.25, -0.2) is 0 Å². The summed E-state index contributed by atoms with van der Waals surface area (Å²) < 4.78 is 0. The van der Waals surface area contributed by atoms with Crippen LogP contribution in [0.3, 0.4) is 0 Å². The van der Waals surface area contributed by atoms with E-state index >= 15 is 0 Å². The van der Waals surface area contributed by atoms with Crippen molar-refractivity contribution in [2.45, 2.75) is 77.6 Å². The molecule has 0 bridgehead atoms. The number of hydrogen-bond donors (Lipinski definition) is 0. The smallest absolute Gasteiger partial charge is 0 e. The Labute approximate surface area is 119 Å². The molecule has 0 aromatic heterocycles. The van der Waals surface area contributed by atoms with E-state index in [-0.39, 0.29) is 29.6 Å². The Morgan fingerprint density at radius 2 is 1.13 bits per heavy atom. The molecule has 0 saturated carbocycles. The van der Waals surface area contributed by atoms with Crippen LogP contribution >= 0.6 is 0 Å². The molecule has 0 unspecified atom stereocenters. The van der Waals surface area contributed by atoms with Gasteiger partial charge in [0.05, 0.1) is 0 Å². The standard InChI is InChI=1S/C14H28.Na/c1-3-5-7-9-11-13-14-12-10-8-6-4-2;/h3H,1,4-14H2,2H3;. The molecule has 0 aliphatic rings. The molecule has 0 rings (SSSR count). The maximum atomic E-state index is 3.74. The van der Waals surface area contributed by atoms with Crippen LogP contribution in [-0.4, -0.2) is 29.6 Å². The van der Waals surface area contributed by atoms with Gasteiger partial charge >= 0.3 is 0 Å². The molecular formula is C14H28Na. The third-order valence-corrected chi connectivity index (χ3v) is 2.76. The van der Waals surface area contributed by atoms with E-state index in [0.29, 0.717) is 0 Å². The van der Waals surface area contributed by atoms with Gasteiger partial charge in [0.1, 0.15) is 0 Å². The van der Waals surface area contributed by atoms with Gasteiger partial charge in [0.15, 0.2) is 0 Å². The van der Waals surface area contributed by atoms with E-state index in [1.54, 1.807) is 0 Å². The first-order chi connectivity index (χ1) is 6.91. The van der Waals surface area contributed by atoms with Crippen LogP contribution in [0.4, 0.5) is 0 Å². The van der Waals surface area contributed by atoms with E-state index in [1.165, 1.54) is 70.6 Å². The Morgan fingerprint density at radius 3 is 1.53 bits per heavy atom. The summed E-state index contributed by atoms with van der Waals surface area (Å²) in [6.07, 6.45) is 17.5. The maximum Gasteiger partial charge on any atom is 0 e. The number of rotatable bonds is 11. The largest absolute Gasteiger partial charge is 0.103 e. The summed E-state index contributed by atoms with van der Waals surface area (Å²) >= 11 is 0. The quantitative estimate of drug-likeness (QED) is 0.257. The molecule has 0 aromatic rings. The second-order valence-corrected chi connectivity index (χ2v) is 4.26. The fourth-order valence-electron chi connectivity index (χ4n) is 1.78. The average molecular weight is 219 g/mol. The van der Waals surface area contributed by atoms with Gasteiger partial charge in [-0.2, -0.15) is 0 Å². The topological polar surface area (TPSA) is 0 Å². The molecule has 0 amide bonds. The Morgan fingerprint density at radius 1 is 0.733 bits per heavy atom. The zero-order valence-electron chi connectivity index (χ0n) is 11.1. The Balaban J connectivity index is 0. The minimum absolute atomic E-state index is 0. The fourth-order valence-corrected chi connectivity index (χ4v) is 1.78. The zero-order chi connectivity index (χ0) is 10.5.